The van der Waals surface area contributed by atoms with Crippen LogP contribution in [0.3, 0.4) is 0 Å². The molecule has 0 spiro atoms. The second-order valence-corrected chi connectivity index (χ2v) is 6.84. The van der Waals surface area contributed by atoms with Crippen LogP contribution < -0.4 is 5.32 Å². The third kappa shape index (κ3) is 2.80. The number of aromatic nitrogens is 2. The minimum Gasteiger partial charge on any atom is -0.376 e. The number of thiocarbonyl (C=S) groups is 1. The van der Waals surface area contributed by atoms with Gasteiger partial charge in [0.25, 0.3) is 0 Å². The monoisotopic (exact) mass is 342 g/mol. The van der Waals surface area contributed by atoms with E-state index in [1.54, 1.807) is 0 Å². The van der Waals surface area contributed by atoms with Crippen molar-refractivity contribution in [2.45, 2.75) is 37.6 Å². The lowest BCUT2D eigenvalue weighted by atomic mass is 10.0. The number of ether oxygens (including phenoxy) is 1. The van der Waals surface area contributed by atoms with Crippen molar-refractivity contribution in [1.29, 1.82) is 0 Å². The first-order valence-electron chi connectivity index (χ1n) is 8.45. The highest BCUT2D eigenvalue weighted by atomic mass is 32.1. The number of nitrogens with zero attached hydrogens (tertiary/aromatic N) is 3. The van der Waals surface area contributed by atoms with E-state index in [4.69, 9.17) is 17.0 Å². The quantitative estimate of drug-likeness (QED) is 0.866. The van der Waals surface area contributed by atoms with Crippen LogP contribution in [0.15, 0.2) is 42.7 Å². The van der Waals surface area contributed by atoms with E-state index in [9.17, 15) is 0 Å². The van der Waals surface area contributed by atoms with E-state index >= 15 is 0 Å². The third-order valence-corrected chi connectivity index (χ3v) is 5.34. The van der Waals surface area contributed by atoms with E-state index in [1.165, 1.54) is 5.69 Å². The highest BCUT2D eigenvalue weighted by Gasteiger charge is 2.39. The molecule has 4 rings (SSSR count). The van der Waals surface area contributed by atoms with Crippen molar-refractivity contribution in [2.75, 3.05) is 13.7 Å². The maximum absolute atomic E-state index is 5.82. The van der Waals surface area contributed by atoms with Crippen LogP contribution in [0.1, 0.15) is 36.3 Å². The molecule has 2 aliphatic heterocycles. The molecule has 0 bridgehead atoms. The summed E-state index contributed by atoms with van der Waals surface area (Å²) >= 11 is 5.51. The van der Waals surface area contributed by atoms with E-state index in [0.29, 0.717) is 6.10 Å². The molecular formula is C18H22N4OS. The van der Waals surface area contributed by atoms with E-state index in [0.717, 1.165) is 36.8 Å². The standard InChI is InChI=1S/C18H22N4OS/c1-21-17(16(20-18(21)24)14-7-2-3-9-19-14)15-8-4-10-22(15)12-13-6-5-11-23-13/h2-4,7-10,13,16-17H,5-6,11-12H2,1H3,(H,20,24)/t13-,16-,17+/m0/s1. The minimum atomic E-state index is 0.0573. The van der Waals surface area contributed by atoms with Crippen LogP contribution in [0.5, 0.6) is 0 Å². The van der Waals surface area contributed by atoms with Crippen LogP contribution in [0.25, 0.3) is 0 Å². The predicted octanol–water partition coefficient (Wildman–Crippen LogP) is 2.66. The van der Waals surface area contributed by atoms with Crippen molar-refractivity contribution in [3.05, 3.63) is 54.1 Å². The fourth-order valence-corrected chi connectivity index (χ4v) is 3.94. The molecular weight excluding hydrogens is 320 g/mol. The first-order chi connectivity index (χ1) is 11.7. The zero-order chi connectivity index (χ0) is 16.5. The summed E-state index contributed by atoms with van der Waals surface area (Å²) in [6, 6.07) is 10.5. The van der Waals surface area contributed by atoms with Crippen LogP contribution in [0.4, 0.5) is 0 Å². The lowest BCUT2D eigenvalue weighted by molar-refractivity contribution is 0.0955. The van der Waals surface area contributed by atoms with Gasteiger partial charge in [0.1, 0.15) is 0 Å². The Morgan fingerprint density at radius 1 is 1.33 bits per heavy atom. The molecule has 2 aromatic heterocycles. The van der Waals surface area contributed by atoms with Gasteiger partial charge in [-0.25, -0.2) is 0 Å². The Labute approximate surface area is 147 Å². The highest BCUT2D eigenvalue weighted by molar-refractivity contribution is 7.80. The van der Waals surface area contributed by atoms with Crippen molar-refractivity contribution in [1.82, 2.24) is 19.8 Å². The summed E-state index contributed by atoms with van der Waals surface area (Å²) in [5.41, 5.74) is 2.26. The van der Waals surface area contributed by atoms with Crippen molar-refractivity contribution >= 4 is 17.3 Å². The van der Waals surface area contributed by atoms with Crippen LogP contribution in [-0.4, -0.2) is 39.3 Å². The van der Waals surface area contributed by atoms with Crippen molar-refractivity contribution in [3.8, 4) is 0 Å². The Hall–Kier alpha value is -1.92. The highest BCUT2D eigenvalue weighted by Crippen LogP contribution is 2.37. The lowest BCUT2D eigenvalue weighted by Crippen LogP contribution is -2.27. The largest absolute Gasteiger partial charge is 0.376 e. The molecule has 5 nitrogen and oxygen atoms in total. The van der Waals surface area contributed by atoms with Gasteiger partial charge in [0.05, 0.1) is 23.9 Å². The van der Waals surface area contributed by atoms with Gasteiger partial charge in [-0.1, -0.05) is 6.07 Å². The number of hydrogen-bond donors (Lipinski definition) is 1. The Bertz CT molecular complexity index is 711. The molecule has 0 aromatic carbocycles. The maximum Gasteiger partial charge on any atom is 0.169 e. The van der Waals surface area contributed by atoms with E-state index < -0.39 is 0 Å². The van der Waals surface area contributed by atoms with E-state index in [2.05, 4.69) is 44.2 Å². The summed E-state index contributed by atoms with van der Waals surface area (Å²) in [5.74, 6) is 0. The zero-order valence-corrected chi connectivity index (χ0v) is 14.6. The van der Waals surface area contributed by atoms with Gasteiger partial charge in [0.2, 0.25) is 0 Å². The molecule has 6 heteroatoms. The normalized spacial score (nSPS) is 26.8. The predicted molar refractivity (Wildman–Crippen MR) is 96.6 cm³/mol. The molecule has 0 radical (unpaired) electrons. The first kappa shape index (κ1) is 15.6. The summed E-state index contributed by atoms with van der Waals surface area (Å²) in [6.07, 6.45) is 6.59. The van der Waals surface area contributed by atoms with Gasteiger partial charge in [-0.3, -0.25) is 4.98 Å². The summed E-state index contributed by atoms with van der Waals surface area (Å²) in [7, 11) is 2.05. The van der Waals surface area contributed by atoms with E-state index in [1.807, 2.05) is 25.4 Å². The zero-order valence-electron chi connectivity index (χ0n) is 13.8. The molecule has 4 heterocycles. The molecule has 2 saturated heterocycles. The summed E-state index contributed by atoms with van der Waals surface area (Å²) in [4.78, 5) is 6.67. The second-order valence-electron chi connectivity index (χ2n) is 6.46. The molecule has 24 heavy (non-hydrogen) atoms. The maximum atomic E-state index is 5.82. The fourth-order valence-electron chi connectivity index (χ4n) is 3.70. The molecule has 0 aliphatic carbocycles. The average Bonchev–Trinajstić information content (AvgIpc) is 3.32. The molecule has 2 fully saturated rings. The number of hydrogen-bond acceptors (Lipinski definition) is 3. The number of nitrogens with one attached hydrogen (secondary N) is 1. The molecule has 2 aromatic rings. The molecule has 126 valence electrons. The van der Waals surface area contributed by atoms with Crippen LogP contribution >= 0.6 is 12.2 Å². The SMILES string of the molecule is CN1C(=S)N[C@@H](c2ccccn2)[C@H]1c1cccn1C[C@@H]1CCCO1. The Morgan fingerprint density at radius 2 is 2.25 bits per heavy atom. The molecule has 3 atom stereocenters. The van der Waals surface area contributed by atoms with Gasteiger partial charge in [0.15, 0.2) is 5.11 Å². The van der Waals surface area contributed by atoms with Gasteiger partial charge in [-0.05, 0) is 49.3 Å². The van der Waals surface area contributed by atoms with Crippen molar-refractivity contribution < 1.29 is 4.74 Å². The number of rotatable bonds is 4. The minimum absolute atomic E-state index is 0.0573. The van der Waals surface area contributed by atoms with Crippen LogP contribution in [0, 0.1) is 0 Å². The van der Waals surface area contributed by atoms with E-state index in [-0.39, 0.29) is 12.1 Å². The van der Waals surface area contributed by atoms with Gasteiger partial charge in [0, 0.05) is 38.3 Å². The van der Waals surface area contributed by atoms with Gasteiger partial charge >= 0.3 is 0 Å². The molecule has 0 saturated carbocycles. The topological polar surface area (TPSA) is 42.3 Å². The van der Waals surface area contributed by atoms with Crippen LogP contribution in [-0.2, 0) is 11.3 Å². The van der Waals surface area contributed by atoms with Gasteiger partial charge in [-0.2, -0.15) is 0 Å². The molecule has 1 N–H and O–H groups in total. The van der Waals surface area contributed by atoms with Crippen LogP contribution in [0.2, 0.25) is 0 Å². The lowest BCUT2D eigenvalue weighted by Gasteiger charge is -2.26. The smallest absolute Gasteiger partial charge is 0.169 e. The number of likely N-dealkylation sites (N-methyl/N-ethyl adjacent to an activating group) is 1. The molecule has 0 unspecified atom stereocenters. The summed E-state index contributed by atoms with van der Waals surface area (Å²) in [6.45, 7) is 1.78. The Balaban J connectivity index is 1.65. The average molecular weight is 342 g/mol. The molecule has 2 aliphatic rings. The third-order valence-electron chi connectivity index (χ3n) is 4.93. The Morgan fingerprint density at radius 3 is 3.00 bits per heavy atom. The van der Waals surface area contributed by atoms with Gasteiger partial charge in [-0.15, -0.1) is 0 Å². The fraction of sp³-hybridized carbons (Fsp3) is 0.444. The number of pyridine rings is 1. The van der Waals surface area contributed by atoms with Crippen molar-refractivity contribution in [2.24, 2.45) is 0 Å². The first-order valence-corrected chi connectivity index (χ1v) is 8.86. The summed E-state index contributed by atoms with van der Waals surface area (Å²) < 4.78 is 8.12. The Kier molecular flexibility index (Phi) is 4.24. The second kappa shape index (κ2) is 6.53. The van der Waals surface area contributed by atoms with Crippen molar-refractivity contribution in [3.63, 3.8) is 0 Å². The summed E-state index contributed by atoms with van der Waals surface area (Å²) in [5, 5.41) is 4.19. The molecule has 0 amide bonds. The van der Waals surface area contributed by atoms with Gasteiger partial charge < -0.3 is 19.5 Å².